The molecule has 3 unspecified atom stereocenters. The highest BCUT2D eigenvalue weighted by Gasteiger charge is 2.48. The number of methoxy groups -OCH3 is 1. The van der Waals surface area contributed by atoms with Crippen LogP contribution in [0.4, 0.5) is 0 Å². The Hall–Kier alpha value is -0.0900. The molecule has 2 rings (SSSR count). The molecule has 1 N–H and O–H groups in total. The third-order valence-corrected chi connectivity index (χ3v) is 5.11. The van der Waals surface area contributed by atoms with Crippen LogP contribution in [0.5, 0.6) is 0 Å². The van der Waals surface area contributed by atoms with Gasteiger partial charge in [0, 0.05) is 24.6 Å². The summed E-state index contributed by atoms with van der Waals surface area (Å²) in [6.45, 7) is 6.71. The number of nitrogens with one attached hydrogen (secondary N) is 1. The highest BCUT2D eigenvalue weighted by molar-refractivity contribution is 7.14. The van der Waals surface area contributed by atoms with Crippen LogP contribution < -0.4 is 5.32 Å². The molecule has 1 aliphatic rings. The zero-order valence-electron chi connectivity index (χ0n) is 10.8. The highest BCUT2D eigenvalue weighted by Crippen LogP contribution is 2.43. The molecule has 0 amide bonds. The molecule has 1 heterocycles. The van der Waals surface area contributed by atoms with Crippen molar-refractivity contribution in [2.24, 2.45) is 5.41 Å². The molecule has 4 heteroatoms. The lowest BCUT2D eigenvalue weighted by atomic mass is 9.64. The van der Waals surface area contributed by atoms with Crippen molar-refractivity contribution in [2.45, 2.75) is 45.4 Å². The van der Waals surface area contributed by atoms with Crippen molar-refractivity contribution >= 4 is 22.9 Å². The van der Waals surface area contributed by atoms with Gasteiger partial charge in [0.2, 0.25) is 0 Å². The van der Waals surface area contributed by atoms with Crippen LogP contribution in [0.2, 0.25) is 4.34 Å². The molecular weight excluding hydrogens is 254 g/mol. The van der Waals surface area contributed by atoms with Crippen LogP contribution in [-0.4, -0.2) is 19.3 Å². The van der Waals surface area contributed by atoms with Crippen LogP contribution in [0.1, 0.15) is 38.8 Å². The van der Waals surface area contributed by atoms with Crippen LogP contribution in [-0.2, 0) is 4.74 Å². The lowest BCUT2D eigenvalue weighted by Gasteiger charge is -2.52. The van der Waals surface area contributed by atoms with E-state index in [2.05, 4.69) is 31.5 Å². The Balaban J connectivity index is 1.95. The first-order valence-electron chi connectivity index (χ1n) is 5.98. The maximum atomic E-state index is 5.96. The first-order chi connectivity index (χ1) is 7.95. The molecule has 1 aliphatic carbocycles. The quantitative estimate of drug-likeness (QED) is 0.899. The second kappa shape index (κ2) is 4.88. The maximum absolute atomic E-state index is 5.96. The summed E-state index contributed by atoms with van der Waals surface area (Å²) < 4.78 is 6.32. The van der Waals surface area contributed by atoms with Crippen LogP contribution in [0.25, 0.3) is 0 Å². The van der Waals surface area contributed by atoms with Crippen molar-refractivity contribution in [3.63, 3.8) is 0 Å². The van der Waals surface area contributed by atoms with Gasteiger partial charge in [-0.3, -0.25) is 0 Å². The van der Waals surface area contributed by atoms with Crippen molar-refractivity contribution in [3.05, 3.63) is 21.3 Å². The van der Waals surface area contributed by atoms with Gasteiger partial charge in [-0.05, 0) is 30.4 Å². The van der Waals surface area contributed by atoms with Crippen LogP contribution in [0, 0.1) is 5.41 Å². The Morgan fingerprint density at radius 1 is 1.59 bits per heavy atom. The monoisotopic (exact) mass is 273 g/mol. The normalized spacial score (nSPS) is 28.8. The van der Waals surface area contributed by atoms with E-state index in [9.17, 15) is 0 Å². The molecule has 1 fully saturated rings. The molecule has 17 heavy (non-hydrogen) atoms. The largest absolute Gasteiger partial charge is 0.381 e. The second-order valence-corrected chi connectivity index (χ2v) is 6.95. The SMILES string of the molecule is COC1CC(NC(C)c2csc(Cl)c2)C1(C)C. The van der Waals surface area contributed by atoms with E-state index in [1.807, 2.05) is 6.07 Å². The molecule has 0 saturated heterocycles. The Morgan fingerprint density at radius 3 is 2.76 bits per heavy atom. The fourth-order valence-corrected chi connectivity index (χ4v) is 3.50. The van der Waals surface area contributed by atoms with Gasteiger partial charge in [-0.15, -0.1) is 11.3 Å². The van der Waals surface area contributed by atoms with Gasteiger partial charge in [0.25, 0.3) is 0 Å². The van der Waals surface area contributed by atoms with E-state index < -0.39 is 0 Å². The first kappa shape index (κ1) is 13.3. The third kappa shape index (κ3) is 2.53. The van der Waals surface area contributed by atoms with Crippen LogP contribution in [0.15, 0.2) is 11.4 Å². The maximum Gasteiger partial charge on any atom is 0.0931 e. The van der Waals surface area contributed by atoms with Crippen molar-refractivity contribution in [1.82, 2.24) is 5.32 Å². The minimum absolute atomic E-state index is 0.211. The number of ether oxygens (including phenoxy) is 1. The van der Waals surface area contributed by atoms with Crippen LogP contribution in [0.3, 0.4) is 0 Å². The lowest BCUT2D eigenvalue weighted by molar-refractivity contribution is -0.0999. The fourth-order valence-electron chi connectivity index (χ4n) is 2.52. The van der Waals surface area contributed by atoms with E-state index in [1.165, 1.54) is 5.56 Å². The van der Waals surface area contributed by atoms with Gasteiger partial charge in [0.1, 0.15) is 0 Å². The number of thiophene rings is 1. The van der Waals surface area contributed by atoms with Gasteiger partial charge in [-0.2, -0.15) is 0 Å². The van der Waals surface area contributed by atoms with E-state index in [1.54, 1.807) is 18.4 Å². The molecule has 0 aromatic carbocycles. The van der Waals surface area contributed by atoms with Gasteiger partial charge >= 0.3 is 0 Å². The number of rotatable bonds is 4. The molecule has 1 aromatic heterocycles. The summed E-state index contributed by atoms with van der Waals surface area (Å²) in [5.74, 6) is 0. The molecule has 96 valence electrons. The number of hydrogen-bond donors (Lipinski definition) is 1. The van der Waals surface area contributed by atoms with Crippen molar-refractivity contribution in [2.75, 3.05) is 7.11 Å². The molecule has 2 nitrogen and oxygen atoms in total. The van der Waals surface area contributed by atoms with E-state index >= 15 is 0 Å². The zero-order chi connectivity index (χ0) is 12.6. The molecule has 0 radical (unpaired) electrons. The minimum atomic E-state index is 0.211. The average Bonchev–Trinajstić information content (AvgIpc) is 2.70. The minimum Gasteiger partial charge on any atom is -0.381 e. The van der Waals surface area contributed by atoms with Crippen molar-refractivity contribution < 1.29 is 4.74 Å². The summed E-state index contributed by atoms with van der Waals surface area (Å²) in [6, 6.07) is 2.91. The summed E-state index contributed by atoms with van der Waals surface area (Å²) in [6.07, 6.45) is 1.46. The molecule has 0 aliphatic heterocycles. The lowest BCUT2D eigenvalue weighted by Crippen LogP contribution is -2.60. The Kier molecular flexibility index (Phi) is 3.83. The standard InChI is InChI=1S/C13H20ClNOS/c1-8(9-5-12(14)17-7-9)15-10-6-11(16-4)13(10,2)3/h5,7-8,10-11,15H,6H2,1-4H3. The highest BCUT2D eigenvalue weighted by atomic mass is 35.5. The van der Waals surface area contributed by atoms with Gasteiger partial charge in [-0.25, -0.2) is 0 Å². The van der Waals surface area contributed by atoms with E-state index in [4.69, 9.17) is 16.3 Å². The Morgan fingerprint density at radius 2 is 2.29 bits per heavy atom. The average molecular weight is 274 g/mol. The van der Waals surface area contributed by atoms with E-state index in [0.29, 0.717) is 18.2 Å². The van der Waals surface area contributed by atoms with Crippen LogP contribution >= 0.6 is 22.9 Å². The molecule has 0 bridgehead atoms. The summed E-state index contributed by atoms with van der Waals surface area (Å²) in [5, 5.41) is 5.79. The first-order valence-corrected chi connectivity index (χ1v) is 7.23. The van der Waals surface area contributed by atoms with Crippen molar-refractivity contribution in [1.29, 1.82) is 0 Å². The topological polar surface area (TPSA) is 21.3 Å². The molecule has 3 atom stereocenters. The molecule has 0 spiro atoms. The van der Waals surface area contributed by atoms with E-state index in [0.717, 1.165) is 10.8 Å². The molecule has 1 saturated carbocycles. The molecule has 1 aromatic rings. The third-order valence-electron chi connectivity index (χ3n) is 4.00. The van der Waals surface area contributed by atoms with Gasteiger partial charge < -0.3 is 10.1 Å². The second-order valence-electron chi connectivity index (χ2n) is 5.41. The summed E-state index contributed by atoms with van der Waals surface area (Å²) in [5.41, 5.74) is 1.49. The predicted octanol–water partition coefficient (Wildman–Crippen LogP) is 3.87. The smallest absolute Gasteiger partial charge is 0.0931 e. The van der Waals surface area contributed by atoms with Gasteiger partial charge in [-0.1, -0.05) is 25.4 Å². The van der Waals surface area contributed by atoms with E-state index in [-0.39, 0.29) is 5.41 Å². The predicted molar refractivity (Wildman–Crippen MR) is 73.9 cm³/mol. The fraction of sp³-hybridized carbons (Fsp3) is 0.692. The van der Waals surface area contributed by atoms with Crippen molar-refractivity contribution in [3.8, 4) is 0 Å². The Labute approximate surface area is 112 Å². The number of hydrogen-bond acceptors (Lipinski definition) is 3. The number of halogens is 1. The zero-order valence-corrected chi connectivity index (χ0v) is 12.4. The van der Waals surface area contributed by atoms with Gasteiger partial charge in [0.05, 0.1) is 10.4 Å². The summed E-state index contributed by atoms with van der Waals surface area (Å²) >= 11 is 7.55. The molecular formula is C13H20ClNOS. The van der Waals surface area contributed by atoms with Gasteiger partial charge in [0.15, 0.2) is 0 Å². The summed E-state index contributed by atoms with van der Waals surface area (Å²) in [4.78, 5) is 0. The Bertz CT molecular complexity index is 391. The summed E-state index contributed by atoms with van der Waals surface area (Å²) in [7, 11) is 1.80.